The van der Waals surface area contributed by atoms with Crippen LogP contribution in [0.15, 0.2) is 48.5 Å². The van der Waals surface area contributed by atoms with Crippen molar-refractivity contribution in [2.45, 2.75) is 39.3 Å². The van der Waals surface area contributed by atoms with Crippen molar-refractivity contribution in [1.82, 2.24) is 16.0 Å². The van der Waals surface area contributed by atoms with E-state index in [1.54, 1.807) is 38.1 Å². The monoisotopic (exact) mass is 577 g/mol. The number of ether oxygens (including phenoxy) is 2. The highest BCUT2D eigenvalue weighted by Crippen LogP contribution is 2.33. The van der Waals surface area contributed by atoms with Gasteiger partial charge in [0.1, 0.15) is 5.92 Å². The molecule has 0 aromatic heterocycles. The number of amides is 4. The summed E-state index contributed by atoms with van der Waals surface area (Å²) in [7, 11) is 0. The van der Waals surface area contributed by atoms with Crippen LogP contribution >= 0.6 is 0 Å². The van der Waals surface area contributed by atoms with Crippen LogP contribution < -0.4 is 25.4 Å². The molecule has 0 bridgehead atoms. The van der Waals surface area contributed by atoms with Gasteiger partial charge in [0.2, 0.25) is 30.4 Å². The Morgan fingerprint density at radius 3 is 2.31 bits per heavy atom. The number of carbonyl (C=O) groups is 6. The fraction of sp³-hybridized carbons (Fsp3) is 0.333. The molecule has 12 heteroatoms. The third-order valence-corrected chi connectivity index (χ3v) is 7.13. The molecular weight excluding hydrogens is 546 g/mol. The number of aromatic carboxylic acids is 1. The molecule has 0 radical (unpaired) electrons. The van der Waals surface area contributed by atoms with E-state index in [9.17, 15) is 33.9 Å². The summed E-state index contributed by atoms with van der Waals surface area (Å²) in [6.45, 7) is 4.99. The van der Waals surface area contributed by atoms with Gasteiger partial charge in [0.05, 0.1) is 30.0 Å². The van der Waals surface area contributed by atoms with Crippen LogP contribution in [0.1, 0.15) is 54.7 Å². The first-order chi connectivity index (χ1) is 19.9. The largest absolute Gasteiger partial charge is 0.478 e. The molecule has 1 saturated heterocycles. The SMILES string of the molecule is CC(C)[C@H](NC(=O)CC(NC(=O)/C=C/c1ccc2c(c1)OCO2)c1ccc(C(=O)O)cc1)C(=O)[C@@H]1C(=O)NC(=O)[C@H]1C. The molecule has 2 aliphatic heterocycles. The van der Waals surface area contributed by atoms with Crippen LogP contribution in [0.2, 0.25) is 0 Å². The summed E-state index contributed by atoms with van der Waals surface area (Å²) in [6, 6.07) is 8.92. The number of carboxylic acid groups (broad SMARTS) is 1. The van der Waals surface area contributed by atoms with Gasteiger partial charge in [0.25, 0.3) is 0 Å². The summed E-state index contributed by atoms with van der Waals surface area (Å²) in [5.41, 5.74) is 1.17. The van der Waals surface area contributed by atoms with Crippen molar-refractivity contribution >= 4 is 41.5 Å². The predicted octanol–water partition coefficient (Wildman–Crippen LogP) is 1.99. The highest BCUT2D eigenvalue weighted by atomic mass is 16.7. The third-order valence-electron chi connectivity index (χ3n) is 7.13. The van der Waals surface area contributed by atoms with E-state index >= 15 is 0 Å². The Balaban J connectivity index is 1.50. The van der Waals surface area contributed by atoms with E-state index in [2.05, 4.69) is 16.0 Å². The van der Waals surface area contributed by atoms with E-state index in [4.69, 9.17) is 9.47 Å². The number of rotatable bonds is 11. The second kappa shape index (κ2) is 12.7. The van der Waals surface area contributed by atoms with Crippen LogP contribution in [0.3, 0.4) is 0 Å². The van der Waals surface area contributed by atoms with Gasteiger partial charge in [-0.3, -0.25) is 29.3 Å². The van der Waals surface area contributed by atoms with Crippen molar-refractivity contribution in [2.75, 3.05) is 6.79 Å². The molecule has 2 aromatic carbocycles. The number of hydrogen-bond donors (Lipinski definition) is 4. The summed E-state index contributed by atoms with van der Waals surface area (Å²) in [5.74, 6) is -5.40. The Morgan fingerprint density at radius 1 is 1.00 bits per heavy atom. The van der Waals surface area contributed by atoms with Crippen molar-refractivity contribution in [3.8, 4) is 11.5 Å². The quantitative estimate of drug-likeness (QED) is 0.177. The number of ketones is 1. The first-order valence-corrected chi connectivity index (χ1v) is 13.3. The molecule has 4 N–H and O–H groups in total. The summed E-state index contributed by atoms with van der Waals surface area (Å²) in [5, 5.41) is 16.8. The molecule has 1 unspecified atom stereocenters. The van der Waals surface area contributed by atoms with Gasteiger partial charge in [-0.1, -0.05) is 39.0 Å². The zero-order valence-electron chi connectivity index (χ0n) is 23.2. The molecule has 1 fully saturated rings. The summed E-state index contributed by atoms with van der Waals surface area (Å²) in [4.78, 5) is 74.8. The van der Waals surface area contributed by atoms with Crippen molar-refractivity contribution in [3.63, 3.8) is 0 Å². The van der Waals surface area contributed by atoms with Gasteiger partial charge in [-0.15, -0.1) is 0 Å². The molecule has 42 heavy (non-hydrogen) atoms. The first-order valence-electron chi connectivity index (χ1n) is 13.3. The Morgan fingerprint density at radius 2 is 1.69 bits per heavy atom. The fourth-order valence-corrected chi connectivity index (χ4v) is 4.76. The van der Waals surface area contributed by atoms with E-state index in [1.165, 1.54) is 37.3 Å². The number of carboxylic acids is 1. The lowest BCUT2D eigenvalue weighted by molar-refractivity contribution is -0.137. The minimum atomic E-state index is -1.22. The summed E-state index contributed by atoms with van der Waals surface area (Å²) >= 11 is 0. The van der Waals surface area contributed by atoms with E-state index in [1.807, 2.05) is 0 Å². The lowest BCUT2D eigenvalue weighted by Crippen LogP contribution is -2.49. The number of Topliss-reactive ketones (excluding diaryl/α,β-unsaturated/α-hetero) is 1. The van der Waals surface area contributed by atoms with Gasteiger partial charge in [-0.25, -0.2) is 4.79 Å². The van der Waals surface area contributed by atoms with Crippen molar-refractivity contribution in [1.29, 1.82) is 0 Å². The number of imide groups is 1. The lowest BCUT2D eigenvalue weighted by atomic mass is 9.85. The molecular formula is C30H31N3O9. The maximum atomic E-state index is 13.2. The molecule has 2 aromatic rings. The highest BCUT2D eigenvalue weighted by molar-refractivity contribution is 6.16. The number of hydrogen-bond acceptors (Lipinski definition) is 8. The molecule has 4 atom stereocenters. The van der Waals surface area contributed by atoms with Crippen LogP contribution in [0.5, 0.6) is 11.5 Å². The Bertz CT molecular complexity index is 1450. The second-order valence-electron chi connectivity index (χ2n) is 10.4. The molecule has 12 nitrogen and oxygen atoms in total. The zero-order chi connectivity index (χ0) is 30.6. The van der Waals surface area contributed by atoms with Gasteiger partial charge < -0.3 is 25.2 Å². The summed E-state index contributed by atoms with van der Waals surface area (Å²) < 4.78 is 10.6. The molecule has 2 heterocycles. The second-order valence-corrected chi connectivity index (χ2v) is 10.4. The van der Waals surface area contributed by atoms with E-state index in [0.29, 0.717) is 22.6 Å². The topological polar surface area (TPSA) is 177 Å². The zero-order valence-corrected chi connectivity index (χ0v) is 23.2. The molecule has 4 amide bonds. The maximum Gasteiger partial charge on any atom is 0.335 e. The molecule has 0 aliphatic carbocycles. The number of carbonyl (C=O) groups excluding carboxylic acids is 5. The maximum absolute atomic E-state index is 13.2. The van der Waals surface area contributed by atoms with Crippen molar-refractivity contribution in [3.05, 3.63) is 65.2 Å². The fourth-order valence-electron chi connectivity index (χ4n) is 4.76. The van der Waals surface area contributed by atoms with Crippen molar-refractivity contribution < 1.29 is 43.3 Å². The van der Waals surface area contributed by atoms with Crippen LogP contribution in [-0.2, 0) is 24.0 Å². The number of fused-ring (bicyclic) bond motifs is 1. The minimum absolute atomic E-state index is 0.0277. The van der Waals surface area contributed by atoms with Crippen LogP contribution in [0.4, 0.5) is 0 Å². The van der Waals surface area contributed by atoms with Crippen LogP contribution in [0, 0.1) is 17.8 Å². The van der Waals surface area contributed by atoms with Gasteiger partial charge in [0, 0.05) is 6.08 Å². The number of benzene rings is 2. The van der Waals surface area contributed by atoms with Crippen molar-refractivity contribution in [2.24, 2.45) is 17.8 Å². The van der Waals surface area contributed by atoms with E-state index < -0.39 is 65.2 Å². The minimum Gasteiger partial charge on any atom is -0.478 e. The highest BCUT2D eigenvalue weighted by Gasteiger charge is 2.46. The Kier molecular flexibility index (Phi) is 9.04. The average molecular weight is 578 g/mol. The normalized spacial score (nSPS) is 19.0. The van der Waals surface area contributed by atoms with Gasteiger partial charge in [0.15, 0.2) is 17.3 Å². The van der Waals surface area contributed by atoms with E-state index in [-0.39, 0.29) is 18.8 Å². The smallest absolute Gasteiger partial charge is 0.335 e. The number of nitrogens with one attached hydrogen (secondary N) is 3. The molecule has 0 spiro atoms. The lowest BCUT2D eigenvalue weighted by Gasteiger charge is -2.26. The average Bonchev–Trinajstić information content (AvgIpc) is 3.52. The Hall–Kier alpha value is -5.00. The van der Waals surface area contributed by atoms with Crippen LogP contribution in [-0.4, -0.2) is 53.3 Å². The summed E-state index contributed by atoms with van der Waals surface area (Å²) in [6.07, 6.45) is 2.55. The molecule has 4 rings (SSSR count). The molecule has 2 aliphatic rings. The molecule has 220 valence electrons. The van der Waals surface area contributed by atoms with Gasteiger partial charge in [-0.05, 0) is 47.4 Å². The molecule has 0 saturated carbocycles. The Labute approximate surface area is 241 Å². The third kappa shape index (κ3) is 6.82. The van der Waals surface area contributed by atoms with Gasteiger partial charge in [-0.2, -0.15) is 0 Å². The first kappa shape index (κ1) is 30.0. The van der Waals surface area contributed by atoms with Crippen LogP contribution in [0.25, 0.3) is 6.08 Å². The predicted molar refractivity (Wildman–Crippen MR) is 148 cm³/mol. The standard InChI is InChI=1S/C30H31N3O9/c1-15(2)26(27(36)25-16(3)28(37)33-29(25)38)32-24(35)13-20(18-6-8-19(9-7-18)30(39)40)31-23(34)11-5-17-4-10-21-22(12-17)42-14-41-21/h4-12,15-16,20,25-26H,13-14H2,1-3H3,(H,31,34)(H,32,35)(H,39,40)(H,33,37,38)/b11-5+/t16-,20?,25+,26-/m0/s1. The van der Waals surface area contributed by atoms with E-state index in [0.717, 1.165) is 0 Å². The van der Waals surface area contributed by atoms with Gasteiger partial charge >= 0.3 is 5.97 Å².